The van der Waals surface area contributed by atoms with Crippen LogP contribution in [0.25, 0.3) is 0 Å². The Bertz CT molecular complexity index is 166. The molecule has 1 nitrogen and oxygen atoms in total. The van der Waals surface area contributed by atoms with Gasteiger partial charge in [-0.15, -0.1) is 11.6 Å². The van der Waals surface area contributed by atoms with Crippen LogP contribution in [-0.4, -0.2) is 11.2 Å². The van der Waals surface area contributed by atoms with Crippen molar-refractivity contribution < 1.29 is 4.79 Å². The molecular weight excluding hydrogens is 220 g/mol. The van der Waals surface area contributed by atoms with Crippen LogP contribution in [0, 0.1) is 0 Å². The molecule has 1 unspecified atom stereocenters. The highest BCUT2D eigenvalue weighted by Gasteiger charge is 2.04. The lowest BCUT2D eigenvalue weighted by molar-refractivity contribution is -0.119. The summed E-state index contributed by atoms with van der Waals surface area (Å²) in [6.07, 6.45) is 11.2. The van der Waals surface area contributed by atoms with E-state index in [9.17, 15) is 4.79 Å². The van der Waals surface area contributed by atoms with Gasteiger partial charge < -0.3 is 0 Å². The molecule has 96 valence electrons. The Labute approximate surface area is 106 Å². The molecule has 0 aromatic carbocycles. The predicted octanol–water partition coefficient (Wildman–Crippen LogP) is 5.10. The predicted molar refractivity (Wildman–Crippen MR) is 72.2 cm³/mol. The van der Waals surface area contributed by atoms with E-state index in [2.05, 4.69) is 6.92 Å². The largest absolute Gasteiger partial charge is 0.300 e. The highest BCUT2D eigenvalue weighted by molar-refractivity contribution is 6.20. The van der Waals surface area contributed by atoms with Gasteiger partial charge in [-0.05, 0) is 19.8 Å². The summed E-state index contributed by atoms with van der Waals surface area (Å²) in [7, 11) is 0. The van der Waals surface area contributed by atoms with E-state index < -0.39 is 0 Å². The molecule has 0 N–H and O–H groups in total. The summed E-state index contributed by atoms with van der Waals surface area (Å²) in [4.78, 5) is 11.4. The van der Waals surface area contributed by atoms with Gasteiger partial charge in [0.2, 0.25) is 0 Å². The summed E-state index contributed by atoms with van der Waals surface area (Å²) < 4.78 is 0. The van der Waals surface area contributed by atoms with Crippen molar-refractivity contribution >= 4 is 17.4 Å². The SMILES string of the molecule is CCCCCCCCCC(=O)CCC(C)Cl. The van der Waals surface area contributed by atoms with E-state index in [1.807, 2.05) is 6.92 Å². The number of halogens is 1. The third-order valence-corrected chi connectivity index (χ3v) is 3.10. The van der Waals surface area contributed by atoms with Crippen LogP contribution in [0.4, 0.5) is 0 Å². The van der Waals surface area contributed by atoms with Crippen LogP contribution in [0.3, 0.4) is 0 Å². The van der Waals surface area contributed by atoms with Gasteiger partial charge in [0.25, 0.3) is 0 Å². The molecule has 1 atom stereocenters. The Morgan fingerprint density at radius 3 is 2.12 bits per heavy atom. The van der Waals surface area contributed by atoms with Gasteiger partial charge in [-0.25, -0.2) is 0 Å². The van der Waals surface area contributed by atoms with E-state index in [1.54, 1.807) is 0 Å². The van der Waals surface area contributed by atoms with E-state index in [1.165, 1.54) is 38.5 Å². The number of Topliss-reactive ketones (excluding diaryl/α,β-unsaturated/α-hetero) is 1. The normalized spacial score (nSPS) is 12.7. The molecule has 0 aliphatic heterocycles. The first-order chi connectivity index (χ1) is 7.66. The van der Waals surface area contributed by atoms with E-state index in [4.69, 9.17) is 11.6 Å². The molecule has 0 aromatic rings. The zero-order valence-corrected chi connectivity index (χ0v) is 11.7. The molecule has 16 heavy (non-hydrogen) atoms. The van der Waals surface area contributed by atoms with Crippen LogP contribution in [0.15, 0.2) is 0 Å². The van der Waals surface area contributed by atoms with Crippen LogP contribution >= 0.6 is 11.6 Å². The van der Waals surface area contributed by atoms with Crippen LogP contribution in [0.1, 0.15) is 78.1 Å². The van der Waals surface area contributed by atoms with Crippen molar-refractivity contribution in [3.8, 4) is 0 Å². The maximum Gasteiger partial charge on any atom is 0.132 e. The summed E-state index contributed by atoms with van der Waals surface area (Å²) >= 11 is 5.80. The first-order valence-corrected chi connectivity index (χ1v) is 7.26. The van der Waals surface area contributed by atoms with Crippen molar-refractivity contribution in [1.29, 1.82) is 0 Å². The molecule has 0 heterocycles. The minimum atomic E-state index is 0.137. The van der Waals surface area contributed by atoms with Crippen LogP contribution in [0.2, 0.25) is 0 Å². The van der Waals surface area contributed by atoms with Crippen molar-refractivity contribution in [3.63, 3.8) is 0 Å². The van der Waals surface area contributed by atoms with Gasteiger partial charge in [-0.1, -0.05) is 45.4 Å². The van der Waals surface area contributed by atoms with Crippen LogP contribution in [0.5, 0.6) is 0 Å². The molecule has 0 amide bonds. The summed E-state index contributed by atoms with van der Waals surface area (Å²) in [5, 5.41) is 0.137. The maximum absolute atomic E-state index is 11.4. The lowest BCUT2D eigenvalue weighted by Gasteiger charge is -2.03. The molecule has 2 heteroatoms. The van der Waals surface area contributed by atoms with Crippen LogP contribution < -0.4 is 0 Å². The van der Waals surface area contributed by atoms with E-state index >= 15 is 0 Å². The van der Waals surface area contributed by atoms with Gasteiger partial charge in [-0.2, -0.15) is 0 Å². The smallest absolute Gasteiger partial charge is 0.132 e. The first kappa shape index (κ1) is 16.0. The minimum absolute atomic E-state index is 0.137. The fourth-order valence-electron chi connectivity index (χ4n) is 1.76. The van der Waals surface area contributed by atoms with Crippen molar-refractivity contribution in [3.05, 3.63) is 0 Å². The number of alkyl halides is 1. The van der Waals surface area contributed by atoms with E-state index in [0.717, 1.165) is 19.3 Å². The number of carbonyl (C=O) groups is 1. The lowest BCUT2D eigenvalue weighted by Crippen LogP contribution is -2.01. The average molecular weight is 247 g/mol. The summed E-state index contributed by atoms with van der Waals surface area (Å²) in [5.41, 5.74) is 0. The van der Waals surface area contributed by atoms with Crippen molar-refractivity contribution in [1.82, 2.24) is 0 Å². The Kier molecular flexibility index (Phi) is 11.4. The fraction of sp³-hybridized carbons (Fsp3) is 0.929. The van der Waals surface area contributed by atoms with E-state index in [-0.39, 0.29) is 5.38 Å². The molecule has 0 aromatic heterocycles. The molecule has 0 aliphatic carbocycles. The number of rotatable bonds is 11. The van der Waals surface area contributed by atoms with E-state index in [0.29, 0.717) is 12.2 Å². The molecule has 0 radical (unpaired) electrons. The monoisotopic (exact) mass is 246 g/mol. The van der Waals surface area contributed by atoms with Gasteiger partial charge in [0.1, 0.15) is 5.78 Å². The molecule has 0 spiro atoms. The summed E-state index contributed by atoms with van der Waals surface area (Å²) in [6, 6.07) is 0. The van der Waals surface area contributed by atoms with Crippen molar-refractivity contribution in [2.75, 3.05) is 0 Å². The van der Waals surface area contributed by atoms with Gasteiger partial charge in [-0.3, -0.25) is 4.79 Å². The van der Waals surface area contributed by atoms with Gasteiger partial charge >= 0.3 is 0 Å². The summed E-state index contributed by atoms with van der Waals surface area (Å²) in [5.74, 6) is 0.390. The minimum Gasteiger partial charge on any atom is -0.300 e. The number of hydrogen-bond donors (Lipinski definition) is 0. The Hall–Kier alpha value is -0.0400. The third kappa shape index (κ3) is 12.0. The van der Waals surface area contributed by atoms with Gasteiger partial charge in [0.05, 0.1) is 0 Å². The Balaban J connectivity index is 3.15. The molecule has 0 aliphatic rings. The Morgan fingerprint density at radius 1 is 1.00 bits per heavy atom. The van der Waals surface area contributed by atoms with Gasteiger partial charge in [0.15, 0.2) is 0 Å². The lowest BCUT2D eigenvalue weighted by atomic mass is 10.0. The second-order valence-corrected chi connectivity index (χ2v) is 5.47. The maximum atomic E-state index is 11.4. The standard InChI is InChI=1S/C14H27ClO/c1-3-4-5-6-7-8-9-10-14(16)12-11-13(2)15/h13H,3-12H2,1-2H3. The average Bonchev–Trinajstić information content (AvgIpc) is 2.25. The third-order valence-electron chi connectivity index (χ3n) is 2.88. The molecule has 0 saturated heterocycles. The summed E-state index contributed by atoms with van der Waals surface area (Å²) in [6.45, 7) is 4.18. The second kappa shape index (κ2) is 11.4. The van der Waals surface area contributed by atoms with Crippen molar-refractivity contribution in [2.45, 2.75) is 83.4 Å². The quantitative estimate of drug-likeness (QED) is 0.366. The molecule has 0 rings (SSSR count). The number of unbranched alkanes of at least 4 members (excludes halogenated alkanes) is 6. The zero-order chi connectivity index (χ0) is 12.2. The highest BCUT2D eigenvalue weighted by atomic mass is 35.5. The highest BCUT2D eigenvalue weighted by Crippen LogP contribution is 2.11. The molecule has 0 bridgehead atoms. The number of ketones is 1. The Morgan fingerprint density at radius 2 is 1.56 bits per heavy atom. The van der Waals surface area contributed by atoms with Crippen LogP contribution in [-0.2, 0) is 4.79 Å². The molecule has 0 saturated carbocycles. The number of hydrogen-bond acceptors (Lipinski definition) is 1. The topological polar surface area (TPSA) is 17.1 Å². The zero-order valence-electron chi connectivity index (χ0n) is 10.9. The van der Waals surface area contributed by atoms with Crippen molar-refractivity contribution in [2.24, 2.45) is 0 Å². The van der Waals surface area contributed by atoms with Gasteiger partial charge in [0, 0.05) is 18.2 Å². The molecular formula is C14H27ClO. The first-order valence-electron chi connectivity index (χ1n) is 6.82. The number of carbonyl (C=O) groups excluding carboxylic acids is 1. The molecule has 0 fully saturated rings. The fourth-order valence-corrected chi connectivity index (χ4v) is 1.87. The second-order valence-electron chi connectivity index (χ2n) is 4.73.